The van der Waals surface area contributed by atoms with Crippen LogP contribution in [0.4, 0.5) is 0 Å². The Morgan fingerprint density at radius 1 is 1.47 bits per heavy atom. The maximum Gasteiger partial charge on any atom is 0.0951 e. The fraction of sp³-hybridized carbons (Fsp3) is 0.846. The van der Waals surface area contributed by atoms with E-state index >= 15 is 0 Å². The summed E-state index contributed by atoms with van der Waals surface area (Å²) in [5.74, 6) is 0. The number of aliphatic hydroxyl groups excluding tert-OH is 1. The molecule has 0 amide bonds. The first-order valence-electron chi connectivity index (χ1n) is 6.47. The number of hydrogen-bond donors (Lipinski definition) is 1. The first-order valence-corrected chi connectivity index (χ1v) is 6.47. The van der Waals surface area contributed by atoms with Gasteiger partial charge in [-0.05, 0) is 12.8 Å². The molecule has 0 aromatic heterocycles. The lowest BCUT2D eigenvalue weighted by atomic mass is 9.89. The van der Waals surface area contributed by atoms with Crippen molar-refractivity contribution in [2.75, 3.05) is 39.5 Å². The summed E-state index contributed by atoms with van der Waals surface area (Å²) >= 11 is 0. The summed E-state index contributed by atoms with van der Waals surface area (Å²) in [6, 6.07) is 0.482. The monoisotopic (exact) mass is 241 g/mol. The van der Waals surface area contributed by atoms with Gasteiger partial charge in [0.25, 0.3) is 0 Å². The predicted octanol–water partition coefficient (Wildman–Crippen LogP) is 0.805. The fourth-order valence-electron chi connectivity index (χ4n) is 2.89. The molecule has 0 saturated carbocycles. The normalized spacial score (nSPS) is 33.4. The van der Waals surface area contributed by atoms with Gasteiger partial charge in [0.05, 0.1) is 18.8 Å². The molecule has 0 bridgehead atoms. The number of ether oxygens (including phenoxy) is 2. The smallest absolute Gasteiger partial charge is 0.0951 e. The molecule has 2 aliphatic heterocycles. The molecule has 2 aliphatic rings. The van der Waals surface area contributed by atoms with E-state index in [0.717, 1.165) is 45.6 Å². The summed E-state index contributed by atoms with van der Waals surface area (Å²) in [5.41, 5.74) is -0.0577. The van der Waals surface area contributed by atoms with Gasteiger partial charge in [-0.25, -0.2) is 0 Å². The minimum Gasteiger partial charge on any atom is -0.395 e. The van der Waals surface area contributed by atoms with Gasteiger partial charge in [0.15, 0.2) is 0 Å². The van der Waals surface area contributed by atoms with Gasteiger partial charge in [-0.2, -0.15) is 0 Å². The topological polar surface area (TPSA) is 41.9 Å². The van der Waals surface area contributed by atoms with Gasteiger partial charge < -0.3 is 14.6 Å². The average molecular weight is 241 g/mol. The maximum absolute atomic E-state index is 9.12. The first-order chi connectivity index (χ1) is 8.29. The van der Waals surface area contributed by atoms with Gasteiger partial charge >= 0.3 is 0 Å². The predicted molar refractivity (Wildman–Crippen MR) is 66.0 cm³/mol. The minimum absolute atomic E-state index is 0.0577. The minimum atomic E-state index is -0.0577. The van der Waals surface area contributed by atoms with Crippen molar-refractivity contribution in [1.82, 2.24) is 4.90 Å². The third kappa shape index (κ3) is 3.07. The van der Waals surface area contributed by atoms with E-state index in [9.17, 15) is 0 Å². The standard InChI is InChI=1S/C13H23NO3/c1-2-5-14(6-7-15)12-3-8-17-13(10-12)4-9-16-11-13/h2,12,15H,1,3-11H2. The van der Waals surface area contributed by atoms with Crippen LogP contribution in [0.25, 0.3) is 0 Å². The molecular weight excluding hydrogens is 218 g/mol. The molecule has 2 fully saturated rings. The molecule has 2 atom stereocenters. The summed E-state index contributed by atoms with van der Waals surface area (Å²) in [7, 11) is 0. The summed E-state index contributed by atoms with van der Waals surface area (Å²) in [4.78, 5) is 2.30. The third-order valence-corrected chi connectivity index (χ3v) is 3.80. The number of nitrogens with zero attached hydrogens (tertiary/aromatic N) is 1. The van der Waals surface area contributed by atoms with Crippen LogP contribution in [0, 0.1) is 0 Å². The summed E-state index contributed by atoms with van der Waals surface area (Å²) in [6.45, 7) is 7.88. The third-order valence-electron chi connectivity index (χ3n) is 3.80. The Morgan fingerprint density at radius 3 is 3.00 bits per heavy atom. The second-order valence-electron chi connectivity index (χ2n) is 4.99. The first kappa shape index (κ1) is 13.0. The van der Waals surface area contributed by atoms with Crippen molar-refractivity contribution in [2.45, 2.75) is 30.9 Å². The molecule has 0 aromatic rings. The maximum atomic E-state index is 9.12. The summed E-state index contributed by atoms with van der Waals surface area (Å²) < 4.78 is 11.4. The second kappa shape index (κ2) is 5.96. The highest BCUT2D eigenvalue weighted by Crippen LogP contribution is 2.34. The van der Waals surface area contributed by atoms with Crippen LogP contribution >= 0.6 is 0 Å². The van der Waals surface area contributed by atoms with Crippen molar-refractivity contribution in [2.24, 2.45) is 0 Å². The fourth-order valence-corrected chi connectivity index (χ4v) is 2.89. The molecule has 2 saturated heterocycles. The van der Waals surface area contributed by atoms with Gasteiger partial charge in [0.2, 0.25) is 0 Å². The van der Waals surface area contributed by atoms with Crippen LogP contribution in [0.3, 0.4) is 0 Å². The Labute approximate surface area is 103 Å². The highest BCUT2D eigenvalue weighted by atomic mass is 16.6. The van der Waals surface area contributed by atoms with E-state index in [0.29, 0.717) is 12.6 Å². The molecule has 1 N–H and O–H groups in total. The molecule has 0 aromatic carbocycles. The van der Waals surface area contributed by atoms with Gasteiger partial charge in [-0.3, -0.25) is 4.90 Å². The van der Waals surface area contributed by atoms with Crippen LogP contribution in [0.1, 0.15) is 19.3 Å². The SMILES string of the molecule is C=CCN(CCO)C1CCOC2(CCOC2)C1. The molecule has 98 valence electrons. The number of hydrogen-bond acceptors (Lipinski definition) is 4. The van der Waals surface area contributed by atoms with Crippen LogP contribution in [0.2, 0.25) is 0 Å². The highest BCUT2D eigenvalue weighted by Gasteiger charge is 2.42. The van der Waals surface area contributed by atoms with Gasteiger partial charge in [-0.15, -0.1) is 6.58 Å². The molecule has 1 spiro atoms. The Morgan fingerprint density at radius 2 is 2.35 bits per heavy atom. The van der Waals surface area contributed by atoms with E-state index in [1.165, 1.54) is 0 Å². The molecule has 0 radical (unpaired) electrons. The molecule has 17 heavy (non-hydrogen) atoms. The van der Waals surface area contributed by atoms with Crippen molar-refractivity contribution in [3.8, 4) is 0 Å². The Hall–Kier alpha value is -0.420. The molecule has 2 rings (SSSR count). The Bertz CT molecular complexity index is 251. The van der Waals surface area contributed by atoms with Crippen LogP contribution in [-0.4, -0.2) is 61.2 Å². The molecule has 2 unspecified atom stereocenters. The molecule has 4 nitrogen and oxygen atoms in total. The Balaban J connectivity index is 1.96. The molecular formula is C13H23NO3. The summed E-state index contributed by atoms with van der Waals surface area (Å²) in [5, 5.41) is 9.12. The van der Waals surface area contributed by atoms with Crippen molar-refractivity contribution in [1.29, 1.82) is 0 Å². The van der Waals surface area contributed by atoms with Crippen LogP contribution in [0.15, 0.2) is 12.7 Å². The van der Waals surface area contributed by atoms with E-state index in [1.54, 1.807) is 0 Å². The number of rotatable bonds is 5. The zero-order valence-electron chi connectivity index (χ0n) is 10.4. The van der Waals surface area contributed by atoms with Gasteiger partial charge in [0.1, 0.15) is 0 Å². The van der Waals surface area contributed by atoms with Crippen molar-refractivity contribution < 1.29 is 14.6 Å². The second-order valence-corrected chi connectivity index (χ2v) is 4.99. The van der Waals surface area contributed by atoms with Crippen molar-refractivity contribution in [3.63, 3.8) is 0 Å². The lowest BCUT2D eigenvalue weighted by Gasteiger charge is -2.41. The Kier molecular flexibility index (Phi) is 4.56. The zero-order chi connectivity index (χ0) is 12.1. The average Bonchev–Trinajstić information content (AvgIpc) is 2.77. The van der Waals surface area contributed by atoms with E-state index in [2.05, 4.69) is 11.5 Å². The zero-order valence-corrected chi connectivity index (χ0v) is 10.4. The summed E-state index contributed by atoms with van der Waals surface area (Å²) in [6.07, 6.45) is 4.96. The van der Waals surface area contributed by atoms with Crippen LogP contribution in [-0.2, 0) is 9.47 Å². The molecule has 4 heteroatoms. The highest BCUT2D eigenvalue weighted by molar-refractivity contribution is 4.94. The van der Waals surface area contributed by atoms with E-state index in [4.69, 9.17) is 14.6 Å². The lowest BCUT2D eigenvalue weighted by molar-refractivity contribution is -0.106. The van der Waals surface area contributed by atoms with Gasteiger partial charge in [0, 0.05) is 38.8 Å². The van der Waals surface area contributed by atoms with E-state index < -0.39 is 0 Å². The van der Waals surface area contributed by atoms with Crippen molar-refractivity contribution in [3.05, 3.63) is 12.7 Å². The van der Waals surface area contributed by atoms with E-state index in [-0.39, 0.29) is 12.2 Å². The number of aliphatic hydroxyl groups is 1. The van der Waals surface area contributed by atoms with E-state index in [1.807, 2.05) is 6.08 Å². The molecule has 2 heterocycles. The largest absolute Gasteiger partial charge is 0.395 e. The van der Waals surface area contributed by atoms with Gasteiger partial charge in [-0.1, -0.05) is 6.08 Å². The molecule has 0 aliphatic carbocycles. The van der Waals surface area contributed by atoms with Crippen LogP contribution in [0.5, 0.6) is 0 Å². The van der Waals surface area contributed by atoms with Crippen molar-refractivity contribution >= 4 is 0 Å². The lowest BCUT2D eigenvalue weighted by Crippen LogP contribution is -2.49. The van der Waals surface area contributed by atoms with Crippen LogP contribution < -0.4 is 0 Å². The quantitative estimate of drug-likeness (QED) is 0.723.